The first-order valence-electron chi connectivity index (χ1n) is 8.50. The minimum absolute atomic E-state index is 0.209. The summed E-state index contributed by atoms with van der Waals surface area (Å²) in [5.74, 6) is 1.14. The van der Waals surface area contributed by atoms with E-state index in [4.69, 9.17) is 14.7 Å². The predicted molar refractivity (Wildman–Crippen MR) is 101 cm³/mol. The van der Waals surface area contributed by atoms with Gasteiger partial charge in [0.05, 0.1) is 24.8 Å². The maximum absolute atomic E-state index is 12.0. The summed E-state index contributed by atoms with van der Waals surface area (Å²) in [5, 5.41) is 11.7. The highest BCUT2D eigenvalue weighted by molar-refractivity contribution is 5.91. The SMILES string of the molecule is CCOc1ccc(/C=C/C(=O)NCc2cccc(C#N)c2)cc1OCC. The predicted octanol–water partition coefficient (Wildman–Crippen LogP) is 3.69. The van der Waals surface area contributed by atoms with Crippen LogP contribution in [-0.4, -0.2) is 19.1 Å². The molecule has 5 nitrogen and oxygen atoms in total. The van der Waals surface area contributed by atoms with Gasteiger partial charge in [0.15, 0.2) is 11.5 Å². The number of hydrogen-bond donors (Lipinski definition) is 1. The van der Waals surface area contributed by atoms with E-state index in [9.17, 15) is 4.79 Å². The third-order valence-corrected chi connectivity index (χ3v) is 3.52. The van der Waals surface area contributed by atoms with E-state index < -0.39 is 0 Å². The molecule has 0 spiro atoms. The van der Waals surface area contributed by atoms with Crippen LogP contribution in [0.5, 0.6) is 11.5 Å². The molecule has 1 N–H and O–H groups in total. The van der Waals surface area contributed by atoms with Gasteiger partial charge in [0.2, 0.25) is 5.91 Å². The van der Waals surface area contributed by atoms with E-state index in [2.05, 4.69) is 11.4 Å². The molecule has 134 valence electrons. The first kappa shape index (κ1) is 19.1. The smallest absolute Gasteiger partial charge is 0.244 e. The lowest BCUT2D eigenvalue weighted by atomic mass is 10.1. The van der Waals surface area contributed by atoms with Crippen molar-refractivity contribution in [3.63, 3.8) is 0 Å². The van der Waals surface area contributed by atoms with E-state index in [1.54, 1.807) is 24.3 Å². The van der Waals surface area contributed by atoms with Crippen molar-refractivity contribution in [3.8, 4) is 17.6 Å². The molecular weight excluding hydrogens is 328 g/mol. The molecule has 0 aliphatic carbocycles. The van der Waals surface area contributed by atoms with Gasteiger partial charge in [0.1, 0.15) is 0 Å². The fourth-order valence-electron chi connectivity index (χ4n) is 2.34. The van der Waals surface area contributed by atoms with Crippen LogP contribution < -0.4 is 14.8 Å². The molecule has 0 radical (unpaired) electrons. The molecule has 0 aliphatic heterocycles. The van der Waals surface area contributed by atoms with Crippen LogP contribution in [0, 0.1) is 11.3 Å². The van der Waals surface area contributed by atoms with Crippen LogP contribution in [0.4, 0.5) is 0 Å². The van der Waals surface area contributed by atoms with Crippen LogP contribution in [0.25, 0.3) is 6.08 Å². The molecule has 0 aliphatic rings. The van der Waals surface area contributed by atoms with Gasteiger partial charge >= 0.3 is 0 Å². The molecule has 0 fully saturated rings. The van der Waals surface area contributed by atoms with E-state index >= 15 is 0 Å². The number of ether oxygens (including phenoxy) is 2. The van der Waals surface area contributed by atoms with Crippen LogP contribution in [0.2, 0.25) is 0 Å². The van der Waals surface area contributed by atoms with Crippen molar-refractivity contribution in [2.75, 3.05) is 13.2 Å². The van der Waals surface area contributed by atoms with Crippen molar-refractivity contribution >= 4 is 12.0 Å². The molecule has 2 rings (SSSR count). The first-order chi connectivity index (χ1) is 12.7. The van der Waals surface area contributed by atoms with Crippen molar-refractivity contribution in [2.45, 2.75) is 20.4 Å². The fraction of sp³-hybridized carbons (Fsp3) is 0.238. The minimum atomic E-state index is -0.209. The Bertz CT molecular complexity index is 822. The maximum atomic E-state index is 12.0. The Morgan fingerprint density at radius 1 is 1.12 bits per heavy atom. The second kappa shape index (κ2) is 9.90. The van der Waals surface area contributed by atoms with E-state index in [0.29, 0.717) is 36.8 Å². The average molecular weight is 350 g/mol. The summed E-state index contributed by atoms with van der Waals surface area (Å²) in [6, 6.07) is 14.8. The van der Waals surface area contributed by atoms with Crippen LogP contribution >= 0.6 is 0 Å². The molecular formula is C21H22N2O3. The van der Waals surface area contributed by atoms with Gasteiger partial charge in [-0.3, -0.25) is 4.79 Å². The molecule has 0 bridgehead atoms. The minimum Gasteiger partial charge on any atom is -0.490 e. The molecule has 2 aromatic carbocycles. The Morgan fingerprint density at radius 2 is 1.88 bits per heavy atom. The average Bonchev–Trinajstić information content (AvgIpc) is 2.67. The molecule has 0 unspecified atom stereocenters. The summed E-state index contributed by atoms with van der Waals surface area (Å²) in [6.45, 7) is 5.29. The Balaban J connectivity index is 1.98. The molecule has 0 aromatic heterocycles. The van der Waals surface area contributed by atoms with Gasteiger partial charge in [-0.15, -0.1) is 0 Å². The number of nitrogens with one attached hydrogen (secondary N) is 1. The summed E-state index contributed by atoms with van der Waals surface area (Å²) in [5.41, 5.74) is 2.30. The van der Waals surface area contributed by atoms with Crippen LogP contribution in [0.15, 0.2) is 48.5 Å². The molecule has 0 saturated carbocycles. The van der Waals surface area contributed by atoms with Gasteiger partial charge in [-0.05, 0) is 55.3 Å². The van der Waals surface area contributed by atoms with Crippen molar-refractivity contribution in [2.24, 2.45) is 0 Å². The topological polar surface area (TPSA) is 71.3 Å². The number of benzene rings is 2. The lowest BCUT2D eigenvalue weighted by molar-refractivity contribution is -0.116. The van der Waals surface area contributed by atoms with Gasteiger partial charge in [-0.1, -0.05) is 18.2 Å². The second-order valence-electron chi connectivity index (χ2n) is 5.44. The standard InChI is InChI=1S/C21H22N2O3/c1-3-25-19-10-8-16(13-20(19)26-4-2)9-11-21(24)23-15-18-7-5-6-17(12-18)14-22/h5-13H,3-4,15H2,1-2H3,(H,23,24)/b11-9+. The van der Waals surface area contributed by atoms with Gasteiger partial charge in [0.25, 0.3) is 0 Å². The zero-order valence-electron chi connectivity index (χ0n) is 15.0. The molecule has 5 heteroatoms. The van der Waals surface area contributed by atoms with Crippen molar-refractivity contribution in [1.29, 1.82) is 5.26 Å². The number of carbonyl (C=O) groups excluding carboxylic acids is 1. The van der Waals surface area contributed by atoms with Crippen LogP contribution in [0.3, 0.4) is 0 Å². The normalized spacial score (nSPS) is 10.3. The quantitative estimate of drug-likeness (QED) is 0.737. The third-order valence-electron chi connectivity index (χ3n) is 3.52. The maximum Gasteiger partial charge on any atom is 0.244 e. The molecule has 0 saturated heterocycles. The molecule has 1 amide bonds. The van der Waals surface area contributed by atoms with Gasteiger partial charge < -0.3 is 14.8 Å². The van der Waals surface area contributed by atoms with Crippen LogP contribution in [0.1, 0.15) is 30.5 Å². The Morgan fingerprint density at radius 3 is 2.62 bits per heavy atom. The van der Waals surface area contributed by atoms with Gasteiger partial charge in [0, 0.05) is 12.6 Å². The molecule has 0 atom stereocenters. The van der Waals surface area contributed by atoms with E-state index in [1.807, 2.05) is 38.1 Å². The molecule has 0 heterocycles. The van der Waals surface area contributed by atoms with E-state index in [-0.39, 0.29) is 5.91 Å². The Labute approximate surface area is 153 Å². The highest BCUT2D eigenvalue weighted by atomic mass is 16.5. The number of hydrogen-bond acceptors (Lipinski definition) is 4. The second-order valence-corrected chi connectivity index (χ2v) is 5.44. The highest BCUT2D eigenvalue weighted by Gasteiger charge is 2.05. The van der Waals surface area contributed by atoms with Crippen molar-refractivity contribution in [3.05, 3.63) is 65.2 Å². The number of carbonyl (C=O) groups is 1. The highest BCUT2D eigenvalue weighted by Crippen LogP contribution is 2.28. The van der Waals surface area contributed by atoms with E-state index in [0.717, 1.165) is 11.1 Å². The Kier molecular flexibility index (Phi) is 7.26. The summed E-state index contributed by atoms with van der Waals surface area (Å²) >= 11 is 0. The summed E-state index contributed by atoms with van der Waals surface area (Å²) < 4.78 is 11.1. The fourth-order valence-corrected chi connectivity index (χ4v) is 2.34. The third kappa shape index (κ3) is 5.67. The van der Waals surface area contributed by atoms with Crippen LogP contribution in [-0.2, 0) is 11.3 Å². The number of nitriles is 1. The monoisotopic (exact) mass is 350 g/mol. The first-order valence-corrected chi connectivity index (χ1v) is 8.50. The summed E-state index contributed by atoms with van der Waals surface area (Å²) in [4.78, 5) is 12.0. The molecule has 26 heavy (non-hydrogen) atoms. The summed E-state index contributed by atoms with van der Waals surface area (Å²) in [6.07, 6.45) is 3.19. The van der Waals surface area contributed by atoms with Crippen molar-refractivity contribution in [1.82, 2.24) is 5.32 Å². The van der Waals surface area contributed by atoms with Gasteiger partial charge in [-0.25, -0.2) is 0 Å². The molecule has 2 aromatic rings. The number of rotatable bonds is 8. The largest absolute Gasteiger partial charge is 0.490 e. The number of amides is 1. The zero-order chi connectivity index (χ0) is 18.8. The Hall–Kier alpha value is -3.26. The summed E-state index contributed by atoms with van der Waals surface area (Å²) in [7, 11) is 0. The zero-order valence-corrected chi connectivity index (χ0v) is 15.0. The number of nitrogens with zero attached hydrogens (tertiary/aromatic N) is 1. The lowest BCUT2D eigenvalue weighted by Gasteiger charge is -2.11. The van der Waals surface area contributed by atoms with Gasteiger partial charge in [-0.2, -0.15) is 5.26 Å². The van der Waals surface area contributed by atoms with E-state index in [1.165, 1.54) is 6.08 Å². The lowest BCUT2D eigenvalue weighted by Crippen LogP contribution is -2.20. The van der Waals surface area contributed by atoms with Crippen molar-refractivity contribution < 1.29 is 14.3 Å².